The van der Waals surface area contributed by atoms with Gasteiger partial charge in [-0.15, -0.1) is 0 Å². The maximum atomic E-state index is 11.5. The lowest BCUT2D eigenvalue weighted by molar-refractivity contribution is -0.155. The third-order valence-corrected chi connectivity index (χ3v) is 3.36. The summed E-state index contributed by atoms with van der Waals surface area (Å²) < 4.78 is 12.6. The zero-order valence-corrected chi connectivity index (χ0v) is 15.5. The molecule has 1 aromatic rings. The van der Waals surface area contributed by atoms with Crippen LogP contribution in [0, 0.1) is 7.40 Å². The molecule has 1 heterocycles. The van der Waals surface area contributed by atoms with Gasteiger partial charge in [0.2, 0.25) is 0 Å². The second-order valence-electron chi connectivity index (χ2n) is 4.96. The quantitative estimate of drug-likeness (QED) is 0.274. The number of esters is 1. The van der Waals surface area contributed by atoms with Gasteiger partial charge in [-0.1, -0.05) is 0 Å². The van der Waals surface area contributed by atoms with Crippen molar-refractivity contribution >= 4 is 51.2 Å². The minimum absolute atomic E-state index is 0.188. The summed E-state index contributed by atoms with van der Waals surface area (Å²) in [4.78, 5) is 15.8. The fourth-order valence-electron chi connectivity index (χ4n) is 1.30. The van der Waals surface area contributed by atoms with Crippen LogP contribution in [-0.2, 0) is 9.53 Å². The number of carbonyl (C=O) groups is 1. The molecule has 19 heavy (non-hydrogen) atoms. The average Bonchev–Trinajstić information content (AvgIpc) is 2.24. The first-order valence-electron chi connectivity index (χ1n) is 5.94. The van der Waals surface area contributed by atoms with Crippen molar-refractivity contribution in [3.8, 4) is 5.75 Å². The highest BCUT2D eigenvalue weighted by atomic mass is 127. The lowest BCUT2D eigenvalue weighted by Gasteiger charge is -2.19. The van der Waals surface area contributed by atoms with E-state index in [4.69, 9.17) is 9.47 Å². The summed E-state index contributed by atoms with van der Waals surface area (Å²) in [5, 5.41) is 0. The number of hydrogen-bond donors (Lipinski definition) is 0. The van der Waals surface area contributed by atoms with Crippen LogP contribution in [-0.4, -0.2) is 23.2 Å². The van der Waals surface area contributed by atoms with E-state index < -0.39 is 5.60 Å². The van der Waals surface area contributed by atoms with Crippen molar-refractivity contribution in [1.82, 2.24) is 4.98 Å². The topological polar surface area (TPSA) is 48.4 Å². The van der Waals surface area contributed by atoms with Gasteiger partial charge in [0, 0.05) is 6.42 Å². The van der Waals surface area contributed by atoms with E-state index in [0.717, 1.165) is 13.2 Å². The maximum absolute atomic E-state index is 11.5. The monoisotopic (exact) mass is 489 g/mol. The van der Waals surface area contributed by atoms with Crippen molar-refractivity contribution in [2.75, 3.05) is 6.61 Å². The molecular formula is C13H17I2NO3. The molecule has 0 bridgehead atoms. The van der Waals surface area contributed by atoms with Crippen molar-refractivity contribution < 1.29 is 14.3 Å². The normalized spacial score (nSPS) is 11.2. The van der Waals surface area contributed by atoms with Gasteiger partial charge in [0.1, 0.15) is 13.0 Å². The Bertz CT molecular complexity index is 444. The van der Waals surface area contributed by atoms with Gasteiger partial charge in [-0.25, -0.2) is 4.98 Å². The molecule has 1 aromatic heterocycles. The molecule has 4 nitrogen and oxygen atoms in total. The largest absolute Gasteiger partial charge is 0.491 e. The number of halogens is 2. The average molecular weight is 489 g/mol. The molecule has 0 N–H and O–H groups in total. The maximum Gasteiger partial charge on any atom is 0.306 e. The van der Waals surface area contributed by atoms with Gasteiger partial charge in [-0.3, -0.25) is 4.79 Å². The Morgan fingerprint density at radius 1 is 1.32 bits per heavy atom. The zero-order chi connectivity index (χ0) is 14.5. The van der Waals surface area contributed by atoms with Gasteiger partial charge in [0.15, 0.2) is 5.75 Å². The fourth-order valence-corrected chi connectivity index (χ4v) is 2.78. The Morgan fingerprint density at radius 3 is 2.58 bits per heavy atom. The minimum Gasteiger partial charge on any atom is -0.491 e. The molecule has 106 valence electrons. The Hall–Kier alpha value is -0.120. The molecule has 0 spiro atoms. The molecule has 6 heteroatoms. The first-order chi connectivity index (χ1) is 8.78. The first kappa shape index (κ1) is 16.9. The van der Waals surface area contributed by atoms with Gasteiger partial charge >= 0.3 is 5.97 Å². The van der Waals surface area contributed by atoms with E-state index in [-0.39, 0.29) is 5.97 Å². The molecule has 0 radical (unpaired) electrons. The van der Waals surface area contributed by atoms with E-state index in [1.54, 1.807) is 0 Å². The van der Waals surface area contributed by atoms with Crippen LogP contribution in [0.5, 0.6) is 5.75 Å². The Morgan fingerprint density at radius 2 is 2.00 bits per heavy atom. The van der Waals surface area contributed by atoms with Crippen molar-refractivity contribution in [3.63, 3.8) is 0 Å². The number of carbonyl (C=O) groups excluding carboxylic acids is 1. The molecule has 0 aliphatic heterocycles. The Balaban J connectivity index is 2.29. The number of hydrogen-bond acceptors (Lipinski definition) is 4. The van der Waals surface area contributed by atoms with Crippen LogP contribution < -0.4 is 4.74 Å². The van der Waals surface area contributed by atoms with Gasteiger partial charge in [-0.05, 0) is 84.5 Å². The summed E-state index contributed by atoms with van der Waals surface area (Å²) >= 11 is 4.29. The van der Waals surface area contributed by atoms with Gasteiger partial charge in [0.05, 0.1) is 6.61 Å². The number of pyridine rings is 1. The van der Waals surface area contributed by atoms with Crippen LogP contribution in [0.25, 0.3) is 0 Å². The van der Waals surface area contributed by atoms with Crippen LogP contribution in [0.15, 0.2) is 12.1 Å². The van der Waals surface area contributed by atoms with Crippen LogP contribution in [0.4, 0.5) is 0 Å². The smallest absolute Gasteiger partial charge is 0.306 e. The summed E-state index contributed by atoms with van der Waals surface area (Å²) in [6.45, 7) is 6.07. The molecule has 0 unspecified atom stereocenters. The molecule has 0 aliphatic carbocycles. The third kappa shape index (κ3) is 7.28. The highest BCUT2D eigenvalue weighted by Gasteiger charge is 2.15. The predicted octanol–water partition coefficient (Wildman–Crippen LogP) is 3.79. The van der Waals surface area contributed by atoms with Crippen LogP contribution in [0.3, 0.4) is 0 Å². The Labute approximate surface area is 140 Å². The molecule has 0 fully saturated rings. The van der Waals surface area contributed by atoms with Gasteiger partial charge < -0.3 is 9.47 Å². The summed E-state index contributed by atoms with van der Waals surface area (Å²) in [6, 6.07) is 3.79. The SMILES string of the molecule is CC(C)(C)OC(=O)CCCOc1ccc(I)nc1I. The summed E-state index contributed by atoms with van der Waals surface area (Å²) in [7, 11) is 0. The second kappa shape index (κ2) is 7.61. The number of rotatable bonds is 5. The molecule has 0 aromatic carbocycles. The standard InChI is InChI=1S/C13H17I2NO3/c1-13(2,3)19-11(17)5-4-8-18-9-6-7-10(14)16-12(9)15/h6-7H,4-5,8H2,1-3H3. The van der Waals surface area contributed by atoms with Gasteiger partial charge in [-0.2, -0.15) is 0 Å². The summed E-state index contributed by atoms with van der Waals surface area (Å²) in [6.07, 6.45) is 1.00. The first-order valence-corrected chi connectivity index (χ1v) is 8.10. The number of ether oxygens (including phenoxy) is 2. The molecule has 0 atom stereocenters. The van der Waals surface area contributed by atoms with E-state index in [1.807, 2.05) is 32.9 Å². The highest BCUT2D eigenvalue weighted by molar-refractivity contribution is 14.1. The van der Waals surface area contributed by atoms with Gasteiger partial charge in [0.25, 0.3) is 0 Å². The number of nitrogens with zero attached hydrogens (tertiary/aromatic N) is 1. The fraction of sp³-hybridized carbons (Fsp3) is 0.538. The van der Waals surface area contributed by atoms with Crippen LogP contribution in [0.2, 0.25) is 0 Å². The van der Waals surface area contributed by atoms with Crippen molar-refractivity contribution in [2.24, 2.45) is 0 Å². The van der Waals surface area contributed by atoms with Crippen molar-refractivity contribution in [2.45, 2.75) is 39.2 Å². The molecule has 0 aliphatic rings. The zero-order valence-electron chi connectivity index (χ0n) is 11.2. The summed E-state index contributed by atoms with van der Waals surface area (Å²) in [5.74, 6) is 0.566. The molecular weight excluding hydrogens is 472 g/mol. The van der Waals surface area contributed by atoms with Crippen molar-refractivity contribution in [3.05, 3.63) is 19.5 Å². The molecule has 0 saturated heterocycles. The van der Waals surface area contributed by atoms with E-state index >= 15 is 0 Å². The highest BCUT2D eigenvalue weighted by Crippen LogP contribution is 2.20. The summed E-state index contributed by atoms with van der Waals surface area (Å²) in [5.41, 5.74) is -0.423. The lowest BCUT2D eigenvalue weighted by Crippen LogP contribution is -2.24. The van der Waals surface area contributed by atoms with Crippen LogP contribution >= 0.6 is 45.2 Å². The van der Waals surface area contributed by atoms with E-state index in [9.17, 15) is 4.79 Å². The number of aromatic nitrogens is 1. The van der Waals surface area contributed by atoms with E-state index in [0.29, 0.717) is 19.4 Å². The molecule has 0 amide bonds. The second-order valence-corrected chi connectivity index (χ2v) is 7.09. The minimum atomic E-state index is -0.423. The third-order valence-electron chi connectivity index (χ3n) is 1.98. The van der Waals surface area contributed by atoms with Crippen molar-refractivity contribution in [1.29, 1.82) is 0 Å². The molecule has 0 saturated carbocycles. The lowest BCUT2D eigenvalue weighted by atomic mass is 10.2. The Kier molecular flexibility index (Phi) is 6.78. The van der Waals surface area contributed by atoms with E-state index in [2.05, 4.69) is 50.2 Å². The predicted molar refractivity (Wildman–Crippen MR) is 90.2 cm³/mol. The molecule has 1 rings (SSSR count). The van der Waals surface area contributed by atoms with Crippen LogP contribution in [0.1, 0.15) is 33.6 Å². The van der Waals surface area contributed by atoms with E-state index in [1.165, 1.54) is 0 Å².